The summed E-state index contributed by atoms with van der Waals surface area (Å²) in [6.07, 6.45) is 5.50. The molecule has 1 saturated heterocycles. The van der Waals surface area contributed by atoms with Gasteiger partial charge < -0.3 is 4.74 Å². The van der Waals surface area contributed by atoms with Crippen molar-refractivity contribution in [1.82, 2.24) is 4.90 Å². The van der Waals surface area contributed by atoms with E-state index >= 15 is 0 Å². The predicted molar refractivity (Wildman–Crippen MR) is 69.9 cm³/mol. The molecule has 0 saturated carbocycles. The van der Waals surface area contributed by atoms with Crippen molar-refractivity contribution in [1.29, 1.82) is 0 Å². The molecule has 100 valence electrons. The molecule has 17 heavy (non-hydrogen) atoms. The highest BCUT2D eigenvalue weighted by Crippen LogP contribution is 2.24. The molecule has 1 fully saturated rings. The van der Waals surface area contributed by atoms with Crippen molar-refractivity contribution in [2.75, 3.05) is 19.7 Å². The number of nitrogens with zero attached hydrogens (tertiary/aromatic N) is 1. The summed E-state index contributed by atoms with van der Waals surface area (Å²) in [6.45, 7) is 9.15. The number of hydrogen-bond donors (Lipinski definition) is 0. The second-order valence-corrected chi connectivity index (χ2v) is 5.09. The van der Waals surface area contributed by atoms with E-state index in [4.69, 9.17) is 4.74 Å². The van der Waals surface area contributed by atoms with E-state index in [1.807, 2.05) is 6.92 Å². The monoisotopic (exact) mass is 241 g/mol. The summed E-state index contributed by atoms with van der Waals surface area (Å²) in [5, 5.41) is 0. The van der Waals surface area contributed by atoms with E-state index in [1.165, 1.54) is 25.7 Å². The zero-order valence-electron chi connectivity index (χ0n) is 11.6. The number of carbonyl (C=O) groups is 1. The fraction of sp³-hybridized carbons (Fsp3) is 0.929. The average molecular weight is 241 g/mol. The lowest BCUT2D eigenvalue weighted by atomic mass is 9.93. The summed E-state index contributed by atoms with van der Waals surface area (Å²) in [6, 6.07) is 0.386. The number of ether oxygens (including phenoxy) is 1. The largest absolute Gasteiger partial charge is 0.466 e. The first kappa shape index (κ1) is 14.5. The summed E-state index contributed by atoms with van der Waals surface area (Å²) in [5.41, 5.74) is 0. The number of hydrogen-bond acceptors (Lipinski definition) is 3. The van der Waals surface area contributed by atoms with Crippen molar-refractivity contribution in [3.05, 3.63) is 0 Å². The maximum atomic E-state index is 11.7. The van der Waals surface area contributed by atoms with Crippen LogP contribution in [-0.4, -0.2) is 36.6 Å². The van der Waals surface area contributed by atoms with Gasteiger partial charge in [-0.05, 0) is 45.2 Å². The summed E-state index contributed by atoms with van der Waals surface area (Å²) in [5.74, 6) is 0.551. The van der Waals surface area contributed by atoms with Gasteiger partial charge in [0.2, 0.25) is 0 Å². The van der Waals surface area contributed by atoms with Gasteiger partial charge in [-0.2, -0.15) is 0 Å². The van der Waals surface area contributed by atoms with Crippen LogP contribution in [0.2, 0.25) is 0 Å². The minimum absolute atomic E-state index is 0.0349. The molecule has 1 rings (SSSR count). The van der Waals surface area contributed by atoms with Gasteiger partial charge in [0, 0.05) is 6.04 Å². The molecule has 0 aromatic carbocycles. The zero-order chi connectivity index (χ0) is 12.7. The van der Waals surface area contributed by atoms with E-state index < -0.39 is 0 Å². The number of likely N-dealkylation sites (tertiary alicyclic amines) is 1. The second kappa shape index (κ2) is 7.70. The highest BCUT2D eigenvalue weighted by Gasteiger charge is 2.28. The highest BCUT2D eigenvalue weighted by atomic mass is 16.5. The highest BCUT2D eigenvalue weighted by molar-refractivity contribution is 5.70. The molecule has 3 nitrogen and oxygen atoms in total. The summed E-state index contributed by atoms with van der Waals surface area (Å²) in [7, 11) is 0. The quantitative estimate of drug-likeness (QED) is 0.642. The first-order valence-corrected chi connectivity index (χ1v) is 7.08. The van der Waals surface area contributed by atoms with Gasteiger partial charge in [-0.1, -0.05) is 20.3 Å². The second-order valence-electron chi connectivity index (χ2n) is 5.09. The summed E-state index contributed by atoms with van der Waals surface area (Å²) in [4.78, 5) is 14.2. The molecule has 1 aliphatic heterocycles. The van der Waals surface area contributed by atoms with Gasteiger partial charge in [0.15, 0.2) is 0 Å². The Morgan fingerprint density at radius 2 is 1.94 bits per heavy atom. The molecular formula is C14H27NO2. The maximum absolute atomic E-state index is 11.7. The topological polar surface area (TPSA) is 29.5 Å². The molecule has 0 aliphatic carbocycles. The van der Waals surface area contributed by atoms with Crippen molar-refractivity contribution in [2.45, 2.75) is 58.9 Å². The van der Waals surface area contributed by atoms with E-state index in [0.717, 1.165) is 13.1 Å². The minimum atomic E-state index is -0.0349. The van der Waals surface area contributed by atoms with Crippen molar-refractivity contribution in [3.63, 3.8) is 0 Å². The smallest absolute Gasteiger partial charge is 0.307 e. The first-order valence-electron chi connectivity index (χ1n) is 7.08. The Morgan fingerprint density at radius 1 is 1.29 bits per heavy atom. The van der Waals surface area contributed by atoms with Gasteiger partial charge in [-0.25, -0.2) is 0 Å². The van der Waals surface area contributed by atoms with Crippen LogP contribution in [0.5, 0.6) is 0 Å². The van der Waals surface area contributed by atoms with Gasteiger partial charge in [0.05, 0.1) is 13.0 Å². The molecular weight excluding hydrogens is 214 g/mol. The fourth-order valence-corrected chi connectivity index (χ4v) is 2.80. The van der Waals surface area contributed by atoms with Crippen molar-refractivity contribution in [2.24, 2.45) is 5.92 Å². The predicted octanol–water partition coefficient (Wildman–Crippen LogP) is 2.84. The lowest BCUT2D eigenvalue weighted by Gasteiger charge is -2.31. The van der Waals surface area contributed by atoms with Gasteiger partial charge in [0.1, 0.15) is 0 Å². The maximum Gasteiger partial charge on any atom is 0.307 e. The Labute approximate surface area is 106 Å². The van der Waals surface area contributed by atoms with Crippen LogP contribution in [0, 0.1) is 5.92 Å². The standard InChI is InChI=1S/C14H27NO2/c1-4-8-12(3)13(11-14(16)17-5-2)15-9-6-7-10-15/h12-13H,4-11H2,1-3H3. The Bertz CT molecular complexity index is 224. The molecule has 0 spiro atoms. The Hall–Kier alpha value is -0.570. The third kappa shape index (κ3) is 4.66. The van der Waals surface area contributed by atoms with E-state index in [2.05, 4.69) is 18.7 Å². The molecule has 0 bridgehead atoms. The summed E-state index contributed by atoms with van der Waals surface area (Å²) < 4.78 is 5.09. The normalized spacial score (nSPS) is 20.2. The number of rotatable bonds is 7. The number of esters is 1. The van der Waals surface area contributed by atoms with E-state index in [0.29, 0.717) is 25.0 Å². The molecule has 0 amide bonds. The fourth-order valence-electron chi connectivity index (χ4n) is 2.80. The molecule has 3 heteroatoms. The van der Waals surface area contributed by atoms with Crippen molar-refractivity contribution in [3.8, 4) is 0 Å². The van der Waals surface area contributed by atoms with Gasteiger partial charge in [-0.15, -0.1) is 0 Å². The molecule has 0 aromatic rings. The molecule has 0 radical (unpaired) electrons. The Balaban J connectivity index is 2.54. The molecule has 1 heterocycles. The van der Waals surface area contributed by atoms with Crippen LogP contribution < -0.4 is 0 Å². The van der Waals surface area contributed by atoms with Crippen LogP contribution in [0.4, 0.5) is 0 Å². The molecule has 0 N–H and O–H groups in total. The van der Waals surface area contributed by atoms with Crippen LogP contribution in [0.1, 0.15) is 52.9 Å². The average Bonchev–Trinajstić information content (AvgIpc) is 2.79. The van der Waals surface area contributed by atoms with Crippen molar-refractivity contribution >= 4 is 5.97 Å². The third-order valence-corrected chi connectivity index (χ3v) is 3.69. The minimum Gasteiger partial charge on any atom is -0.466 e. The lowest BCUT2D eigenvalue weighted by Crippen LogP contribution is -2.39. The van der Waals surface area contributed by atoms with Crippen LogP contribution in [0.3, 0.4) is 0 Å². The molecule has 1 aliphatic rings. The van der Waals surface area contributed by atoms with Crippen LogP contribution >= 0.6 is 0 Å². The van der Waals surface area contributed by atoms with E-state index in [-0.39, 0.29) is 5.97 Å². The van der Waals surface area contributed by atoms with E-state index in [1.54, 1.807) is 0 Å². The lowest BCUT2D eigenvalue weighted by molar-refractivity contribution is -0.145. The molecule has 2 unspecified atom stereocenters. The van der Waals surface area contributed by atoms with Gasteiger partial charge in [-0.3, -0.25) is 9.69 Å². The van der Waals surface area contributed by atoms with Gasteiger partial charge >= 0.3 is 5.97 Å². The molecule has 2 atom stereocenters. The van der Waals surface area contributed by atoms with Crippen LogP contribution in [0.15, 0.2) is 0 Å². The Morgan fingerprint density at radius 3 is 2.47 bits per heavy atom. The first-order chi connectivity index (χ1) is 8.19. The van der Waals surface area contributed by atoms with Gasteiger partial charge in [0.25, 0.3) is 0 Å². The number of carbonyl (C=O) groups excluding carboxylic acids is 1. The Kier molecular flexibility index (Phi) is 6.56. The molecule has 0 aromatic heterocycles. The van der Waals surface area contributed by atoms with Crippen molar-refractivity contribution < 1.29 is 9.53 Å². The van der Waals surface area contributed by atoms with Crippen LogP contribution in [0.25, 0.3) is 0 Å². The third-order valence-electron chi connectivity index (χ3n) is 3.69. The van der Waals surface area contributed by atoms with Crippen LogP contribution in [-0.2, 0) is 9.53 Å². The summed E-state index contributed by atoms with van der Waals surface area (Å²) >= 11 is 0. The SMILES string of the molecule is CCCC(C)C(CC(=O)OCC)N1CCCC1. The zero-order valence-corrected chi connectivity index (χ0v) is 11.6. The van der Waals surface area contributed by atoms with E-state index in [9.17, 15) is 4.79 Å².